The lowest BCUT2D eigenvalue weighted by molar-refractivity contribution is -0.113. The van der Waals surface area contributed by atoms with Crippen molar-refractivity contribution < 1.29 is 14.3 Å². The molecule has 0 spiro atoms. The molecule has 7 heteroatoms. The van der Waals surface area contributed by atoms with Crippen molar-refractivity contribution in [2.45, 2.75) is 12.3 Å². The number of nitrogens with one attached hydrogen (secondary N) is 1. The number of nitrogens with zero attached hydrogens (tertiary/aromatic N) is 3. The molecular formula is C20H20N4O3. The van der Waals surface area contributed by atoms with Crippen LogP contribution >= 0.6 is 0 Å². The monoisotopic (exact) mass is 364 g/mol. The molecule has 0 saturated carbocycles. The predicted octanol–water partition coefficient (Wildman–Crippen LogP) is 2.64. The molecule has 1 unspecified atom stereocenters. The number of benzene rings is 1. The Balaban J connectivity index is 1.84. The number of aromatic nitrogens is 3. The van der Waals surface area contributed by atoms with Crippen molar-refractivity contribution in [3.8, 4) is 11.3 Å². The van der Waals surface area contributed by atoms with Crippen LogP contribution in [0.5, 0.6) is 0 Å². The number of hydrogen-bond donors (Lipinski definition) is 1. The van der Waals surface area contributed by atoms with Crippen LogP contribution in [0.1, 0.15) is 27.7 Å². The van der Waals surface area contributed by atoms with E-state index < -0.39 is 6.29 Å². The van der Waals surface area contributed by atoms with Crippen molar-refractivity contribution in [1.82, 2.24) is 20.1 Å². The molecule has 0 bridgehead atoms. The van der Waals surface area contributed by atoms with Gasteiger partial charge in [-0.1, -0.05) is 36.4 Å². The van der Waals surface area contributed by atoms with Crippen LogP contribution in [-0.2, 0) is 9.47 Å². The van der Waals surface area contributed by atoms with E-state index in [1.54, 1.807) is 31.5 Å². The number of aromatic amines is 1. The maximum atomic E-state index is 13.1. The molecule has 3 aromatic rings. The van der Waals surface area contributed by atoms with Gasteiger partial charge in [-0.3, -0.25) is 14.9 Å². The van der Waals surface area contributed by atoms with Gasteiger partial charge in [-0.2, -0.15) is 5.10 Å². The Morgan fingerprint density at radius 1 is 1.15 bits per heavy atom. The Kier molecular flexibility index (Phi) is 4.70. The molecule has 0 saturated heterocycles. The maximum absolute atomic E-state index is 13.1. The van der Waals surface area contributed by atoms with Gasteiger partial charge < -0.3 is 14.4 Å². The van der Waals surface area contributed by atoms with Crippen LogP contribution in [0.2, 0.25) is 0 Å². The Bertz CT molecular complexity index is 923. The number of hydrogen-bond acceptors (Lipinski definition) is 5. The third-order valence-corrected chi connectivity index (χ3v) is 4.78. The Labute approximate surface area is 156 Å². The fraction of sp³-hybridized carbons (Fsp3) is 0.250. The van der Waals surface area contributed by atoms with Crippen molar-refractivity contribution in [2.75, 3.05) is 20.8 Å². The first-order valence-electron chi connectivity index (χ1n) is 8.64. The average molecular weight is 364 g/mol. The highest BCUT2D eigenvalue weighted by Gasteiger charge is 2.43. The van der Waals surface area contributed by atoms with Gasteiger partial charge in [0.2, 0.25) is 0 Å². The summed E-state index contributed by atoms with van der Waals surface area (Å²) in [6.07, 6.45) is 2.97. The van der Waals surface area contributed by atoms with E-state index in [1.807, 2.05) is 42.5 Å². The lowest BCUT2D eigenvalue weighted by atomic mass is 9.97. The normalized spacial score (nSPS) is 16.2. The topological polar surface area (TPSA) is 80.3 Å². The smallest absolute Gasteiger partial charge is 0.273 e. The van der Waals surface area contributed by atoms with Crippen molar-refractivity contribution >= 4 is 5.91 Å². The van der Waals surface area contributed by atoms with Crippen molar-refractivity contribution in [1.29, 1.82) is 0 Å². The van der Waals surface area contributed by atoms with Crippen molar-refractivity contribution in [2.24, 2.45) is 0 Å². The standard InChI is InChI=1S/C20H20N4O3/c1-26-15(27-2)12-24-19(14-9-6-10-21-11-14)16-17(13-7-4-3-5-8-13)22-23-18(16)20(24)25/h3-11,15,19H,12H2,1-2H3,(H,22,23). The van der Waals surface area contributed by atoms with Crippen LogP contribution < -0.4 is 0 Å². The van der Waals surface area contributed by atoms with E-state index in [0.717, 1.165) is 22.4 Å². The van der Waals surface area contributed by atoms with Gasteiger partial charge in [-0.05, 0) is 11.6 Å². The third kappa shape index (κ3) is 3.01. The number of pyridine rings is 1. The summed E-state index contributed by atoms with van der Waals surface area (Å²) >= 11 is 0. The van der Waals surface area contributed by atoms with Gasteiger partial charge in [0.15, 0.2) is 6.29 Å². The van der Waals surface area contributed by atoms with Crippen molar-refractivity contribution in [3.63, 3.8) is 0 Å². The summed E-state index contributed by atoms with van der Waals surface area (Å²) in [6, 6.07) is 13.3. The number of carbonyl (C=O) groups is 1. The molecule has 1 aromatic carbocycles. The van der Waals surface area contributed by atoms with E-state index in [1.165, 1.54) is 0 Å². The molecule has 0 aliphatic carbocycles. The molecule has 0 fully saturated rings. The molecule has 27 heavy (non-hydrogen) atoms. The number of H-pyrrole nitrogens is 1. The molecular weight excluding hydrogens is 344 g/mol. The molecule has 3 heterocycles. The molecule has 7 nitrogen and oxygen atoms in total. The minimum Gasteiger partial charge on any atom is -0.354 e. The maximum Gasteiger partial charge on any atom is 0.273 e. The summed E-state index contributed by atoms with van der Waals surface area (Å²) in [5.41, 5.74) is 3.98. The zero-order valence-electron chi connectivity index (χ0n) is 15.1. The molecule has 1 aliphatic heterocycles. The summed E-state index contributed by atoms with van der Waals surface area (Å²) in [6.45, 7) is 0.294. The van der Waals surface area contributed by atoms with E-state index in [0.29, 0.717) is 12.2 Å². The molecule has 0 radical (unpaired) electrons. The van der Waals surface area contributed by atoms with Gasteiger partial charge in [-0.15, -0.1) is 0 Å². The van der Waals surface area contributed by atoms with Gasteiger partial charge in [0, 0.05) is 37.7 Å². The summed E-state index contributed by atoms with van der Waals surface area (Å²) in [5.74, 6) is -0.132. The molecule has 4 rings (SSSR count). The largest absolute Gasteiger partial charge is 0.354 e. The van der Waals surface area contributed by atoms with Crippen LogP contribution in [0.15, 0.2) is 54.9 Å². The second-order valence-corrected chi connectivity index (χ2v) is 6.27. The fourth-order valence-corrected chi connectivity index (χ4v) is 3.49. The highest BCUT2D eigenvalue weighted by molar-refractivity contribution is 6.00. The zero-order chi connectivity index (χ0) is 18.8. The average Bonchev–Trinajstić information content (AvgIpc) is 3.26. The van der Waals surface area contributed by atoms with E-state index in [2.05, 4.69) is 15.2 Å². The zero-order valence-corrected chi connectivity index (χ0v) is 15.1. The van der Waals surface area contributed by atoms with Gasteiger partial charge in [0.1, 0.15) is 5.69 Å². The molecule has 1 aliphatic rings. The summed E-state index contributed by atoms with van der Waals surface area (Å²) in [5, 5.41) is 7.36. The molecule has 138 valence electrons. The second-order valence-electron chi connectivity index (χ2n) is 6.27. The van der Waals surface area contributed by atoms with Gasteiger partial charge in [-0.25, -0.2) is 0 Å². The van der Waals surface area contributed by atoms with Crippen LogP contribution in [0, 0.1) is 0 Å². The molecule has 2 aromatic heterocycles. The second kappa shape index (κ2) is 7.30. The fourth-order valence-electron chi connectivity index (χ4n) is 3.49. The highest BCUT2D eigenvalue weighted by atomic mass is 16.7. The third-order valence-electron chi connectivity index (χ3n) is 4.78. The quantitative estimate of drug-likeness (QED) is 0.680. The number of rotatable bonds is 6. The number of carbonyl (C=O) groups excluding carboxylic acids is 1. The van der Waals surface area contributed by atoms with Crippen LogP contribution in [0.25, 0.3) is 11.3 Å². The number of ether oxygens (including phenoxy) is 2. The lowest BCUT2D eigenvalue weighted by Crippen LogP contribution is -2.38. The molecule has 1 atom stereocenters. The number of fused-ring (bicyclic) bond motifs is 1. The van der Waals surface area contributed by atoms with E-state index in [-0.39, 0.29) is 11.9 Å². The van der Waals surface area contributed by atoms with Crippen LogP contribution in [-0.4, -0.2) is 53.0 Å². The lowest BCUT2D eigenvalue weighted by Gasteiger charge is -2.28. The summed E-state index contributed by atoms with van der Waals surface area (Å²) < 4.78 is 10.7. The minimum atomic E-state index is -0.523. The molecule has 1 N–H and O–H groups in total. The van der Waals surface area contributed by atoms with Crippen LogP contribution in [0.4, 0.5) is 0 Å². The van der Waals surface area contributed by atoms with Crippen LogP contribution in [0.3, 0.4) is 0 Å². The Hall–Kier alpha value is -3.03. The Morgan fingerprint density at radius 2 is 1.93 bits per heavy atom. The van der Waals surface area contributed by atoms with E-state index in [4.69, 9.17) is 9.47 Å². The summed E-state index contributed by atoms with van der Waals surface area (Å²) in [7, 11) is 3.12. The van der Waals surface area contributed by atoms with Crippen molar-refractivity contribution in [3.05, 3.63) is 71.7 Å². The predicted molar refractivity (Wildman–Crippen MR) is 98.9 cm³/mol. The first-order valence-corrected chi connectivity index (χ1v) is 8.64. The summed E-state index contributed by atoms with van der Waals surface area (Å²) in [4.78, 5) is 19.1. The van der Waals surface area contributed by atoms with Gasteiger partial charge in [0.05, 0.1) is 18.3 Å². The first kappa shape index (κ1) is 17.4. The number of amides is 1. The number of methoxy groups -OCH3 is 2. The van der Waals surface area contributed by atoms with E-state index in [9.17, 15) is 4.79 Å². The first-order chi connectivity index (χ1) is 13.2. The SMILES string of the molecule is COC(CN1C(=O)c2[nH]nc(-c3ccccc3)c2C1c1cccnc1)OC. The van der Waals surface area contributed by atoms with Gasteiger partial charge >= 0.3 is 0 Å². The highest BCUT2D eigenvalue weighted by Crippen LogP contribution is 2.42. The van der Waals surface area contributed by atoms with Gasteiger partial charge in [0.25, 0.3) is 5.91 Å². The Morgan fingerprint density at radius 3 is 2.59 bits per heavy atom. The molecule has 1 amide bonds. The minimum absolute atomic E-state index is 0.132. The van der Waals surface area contributed by atoms with E-state index >= 15 is 0 Å².